The molecular formula is C18H26O2. The highest BCUT2D eigenvalue weighted by atomic mass is 16.4. The third-order valence-electron chi connectivity index (χ3n) is 4.63. The van der Waals surface area contributed by atoms with Crippen molar-refractivity contribution in [3.05, 3.63) is 35.4 Å². The summed E-state index contributed by atoms with van der Waals surface area (Å²) in [5, 5.41) is 9.63. The van der Waals surface area contributed by atoms with Crippen LogP contribution in [-0.4, -0.2) is 11.1 Å². The average Bonchev–Trinajstić information content (AvgIpc) is 2.39. The van der Waals surface area contributed by atoms with Gasteiger partial charge in [-0.25, -0.2) is 0 Å². The minimum absolute atomic E-state index is 0.147. The first-order chi connectivity index (χ1) is 9.33. The van der Waals surface area contributed by atoms with Crippen LogP contribution in [0.25, 0.3) is 0 Å². The molecule has 1 aliphatic carbocycles. The summed E-state index contributed by atoms with van der Waals surface area (Å²) in [6.07, 6.45) is 5.59. The predicted molar refractivity (Wildman–Crippen MR) is 82.0 cm³/mol. The third-order valence-corrected chi connectivity index (χ3v) is 4.63. The third kappa shape index (κ3) is 3.23. The molecule has 0 heterocycles. The van der Waals surface area contributed by atoms with Gasteiger partial charge in [0.25, 0.3) is 0 Å². The first-order valence-electron chi connectivity index (χ1n) is 7.66. The SMILES string of the molecule is CC(C)(C)c1ccc(CC2(C(=O)O)CCCCC2)cc1. The molecular weight excluding hydrogens is 248 g/mol. The largest absolute Gasteiger partial charge is 0.481 e. The van der Waals surface area contributed by atoms with E-state index in [4.69, 9.17) is 0 Å². The highest BCUT2D eigenvalue weighted by Crippen LogP contribution is 2.39. The fraction of sp³-hybridized carbons (Fsp3) is 0.611. The van der Waals surface area contributed by atoms with Crippen molar-refractivity contribution in [1.29, 1.82) is 0 Å². The van der Waals surface area contributed by atoms with Gasteiger partial charge in [0.1, 0.15) is 0 Å². The van der Waals surface area contributed by atoms with Gasteiger partial charge in [0.2, 0.25) is 0 Å². The molecule has 20 heavy (non-hydrogen) atoms. The van der Waals surface area contributed by atoms with Crippen LogP contribution in [0.4, 0.5) is 0 Å². The van der Waals surface area contributed by atoms with E-state index in [0.717, 1.165) is 31.2 Å². The van der Waals surface area contributed by atoms with Crippen LogP contribution < -0.4 is 0 Å². The Labute approximate surface area is 122 Å². The summed E-state index contributed by atoms with van der Waals surface area (Å²) in [6, 6.07) is 8.52. The van der Waals surface area contributed by atoms with Gasteiger partial charge in [0.05, 0.1) is 5.41 Å². The van der Waals surface area contributed by atoms with Crippen molar-refractivity contribution in [2.45, 2.75) is 64.7 Å². The Bertz CT molecular complexity index is 459. The fourth-order valence-electron chi connectivity index (χ4n) is 3.21. The molecule has 2 rings (SSSR count). The number of hydrogen-bond acceptors (Lipinski definition) is 1. The zero-order valence-electron chi connectivity index (χ0n) is 12.9. The topological polar surface area (TPSA) is 37.3 Å². The van der Waals surface area contributed by atoms with E-state index in [1.807, 2.05) is 0 Å². The van der Waals surface area contributed by atoms with Crippen molar-refractivity contribution in [1.82, 2.24) is 0 Å². The Balaban J connectivity index is 2.17. The van der Waals surface area contributed by atoms with E-state index in [2.05, 4.69) is 45.0 Å². The monoisotopic (exact) mass is 274 g/mol. The van der Waals surface area contributed by atoms with E-state index in [1.165, 1.54) is 12.0 Å². The summed E-state index contributed by atoms with van der Waals surface area (Å²) in [6.45, 7) is 6.59. The number of rotatable bonds is 3. The van der Waals surface area contributed by atoms with Gasteiger partial charge in [-0.05, 0) is 35.8 Å². The first-order valence-corrected chi connectivity index (χ1v) is 7.66. The van der Waals surface area contributed by atoms with Gasteiger partial charge in [-0.1, -0.05) is 64.3 Å². The summed E-state index contributed by atoms with van der Waals surface area (Å²) < 4.78 is 0. The van der Waals surface area contributed by atoms with Crippen LogP contribution in [0.15, 0.2) is 24.3 Å². The molecule has 1 aliphatic rings. The maximum absolute atomic E-state index is 11.7. The van der Waals surface area contributed by atoms with Crippen LogP contribution in [0.2, 0.25) is 0 Å². The molecule has 0 spiro atoms. The Morgan fingerprint density at radius 3 is 2.10 bits per heavy atom. The number of carbonyl (C=O) groups is 1. The minimum atomic E-state index is -0.614. The van der Waals surface area contributed by atoms with Crippen LogP contribution >= 0.6 is 0 Å². The normalized spacial score (nSPS) is 18.8. The Kier molecular flexibility index (Phi) is 4.22. The fourth-order valence-corrected chi connectivity index (χ4v) is 3.21. The highest BCUT2D eigenvalue weighted by Gasteiger charge is 2.39. The maximum atomic E-state index is 11.7. The van der Waals surface area contributed by atoms with Crippen LogP contribution in [0.1, 0.15) is 64.0 Å². The van der Waals surface area contributed by atoms with E-state index >= 15 is 0 Å². The summed E-state index contributed by atoms with van der Waals surface area (Å²) in [5.41, 5.74) is 2.08. The van der Waals surface area contributed by atoms with E-state index in [9.17, 15) is 9.90 Å². The summed E-state index contributed by atoms with van der Waals surface area (Å²) in [7, 11) is 0. The van der Waals surface area contributed by atoms with Crippen LogP contribution in [0, 0.1) is 5.41 Å². The molecule has 1 aromatic carbocycles. The molecule has 1 N–H and O–H groups in total. The molecule has 0 atom stereocenters. The van der Waals surface area contributed by atoms with Gasteiger partial charge in [-0.15, -0.1) is 0 Å². The smallest absolute Gasteiger partial charge is 0.309 e. The number of hydrogen-bond donors (Lipinski definition) is 1. The van der Waals surface area contributed by atoms with Gasteiger partial charge in [0, 0.05) is 0 Å². The summed E-state index contributed by atoms with van der Waals surface area (Å²) in [4.78, 5) is 11.7. The minimum Gasteiger partial charge on any atom is -0.481 e. The standard InChI is InChI=1S/C18H26O2/c1-17(2,3)15-9-7-14(8-10-15)13-18(16(19)20)11-5-4-6-12-18/h7-10H,4-6,11-13H2,1-3H3,(H,19,20). The molecule has 0 bridgehead atoms. The molecule has 110 valence electrons. The molecule has 1 aromatic rings. The van der Waals surface area contributed by atoms with Crippen molar-refractivity contribution < 1.29 is 9.90 Å². The van der Waals surface area contributed by atoms with Crippen molar-refractivity contribution in [2.24, 2.45) is 5.41 Å². The zero-order valence-corrected chi connectivity index (χ0v) is 12.9. The second-order valence-electron chi connectivity index (χ2n) is 7.27. The number of carboxylic acid groups (broad SMARTS) is 1. The van der Waals surface area contributed by atoms with Crippen molar-refractivity contribution in [3.63, 3.8) is 0 Å². The quantitative estimate of drug-likeness (QED) is 0.877. The molecule has 2 heteroatoms. The molecule has 0 aromatic heterocycles. The highest BCUT2D eigenvalue weighted by molar-refractivity contribution is 5.75. The molecule has 0 radical (unpaired) electrons. The van der Waals surface area contributed by atoms with Crippen molar-refractivity contribution in [2.75, 3.05) is 0 Å². The maximum Gasteiger partial charge on any atom is 0.309 e. The van der Waals surface area contributed by atoms with Gasteiger partial charge in [0.15, 0.2) is 0 Å². The van der Waals surface area contributed by atoms with Crippen LogP contribution in [0.5, 0.6) is 0 Å². The molecule has 0 aliphatic heterocycles. The van der Waals surface area contributed by atoms with E-state index in [-0.39, 0.29) is 5.41 Å². The molecule has 2 nitrogen and oxygen atoms in total. The lowest BCUT2D eigenvalue weighted by Crippen LogP contribution is -2.35. The molecule has 0 saturated heterocycles. The lowest BCUT2D eigenvalue weighted by atomic mass is 9.70. The van der Waals surface area contributed by atoms with Crippen LogP contribution in [0.3, 0.4) is 0 Å². The second-order valence-corrected chi connectivity index (χ2v) is 7.27. The predicted octanol–water partition coefficient (Wildman–Crippen LogP) is 4.56. The second kappa shape index (κ2) is 5.59. The zero-order chi connectivity index (χ0) is 14.8. The molecule has 0 unspecified atom stereocenters. The lowest BCUT2D eigenvalue weighted by molar-refractivity contribution is -0.151. The number of aliphatic carboxylic acids is 1. The molecule has 1 saturated carbocycles. The van der Waals surface area contributed by atoms with Gasteiger partial charge < -0.3 is 5.11 Å². The van der Waals surface area contributed by atoms with Crippen molar-refractivity contribution >= 4 is 5.97 Å². The van der Waals surface area contributed by atoms with Gasteiger partial charge in [-0.3, -0.25) is 4.79 Å². The summed E-state index contributed by atoms with van der Waals surface area (Å²) >= 11 is 0. The number of carboxylic acids is 1. The van der Waals surface area contributed by atoms with Crippen molar-refractivity contribution in [3.8, 4) is 0 Å². The first kappa shape index (κ1) is 15.1. The Hall–Kier alpha value is -1.31. The van der Waals surface area contributed by atoms with E-state index in [1.54, 1.807) is 0 Å². The van der Waals surface area contributed by atoms with E-state index in [0.29, 0.717) is 6.42 Å². The summed E-state index contributed by atoms with van der Waals surface area (Å²) in [5.74, 6) is -0.614. The Morgan fingerprint density at radius 1 is 1.10 bits per heavy atom. The van der Waals surface area contributed by atoms with Gasteiger partial charge >= 0.3 is 5.97 Å². The van der Waals surface area contributed by atoms with Crippen LogP contribution in [-0.2, 0) is 16.6 Å². The average molecular weight is 274 g/mol. The molecule has 0 amide bonds. The van der Waals surface area contributed by atoms with E-state index < -0.39 is 11.4 Å². The Morgan fingerprint density at radius 2 is 1.65 bits per heavy atom. The number of benzene rings is 1. The lowest BCUT2D eigenvalue weighted by Gasteiger charge is -2.33. The molecule has 1 fully saturated rings. The van der Waals surface area contributed by atoms with Gasteiger partial charge in [-0.2, -0.15) is 0 Å².